The molecule has 8 atom stereocenters. The second-order valence-electron chi connectivity index (χ2n) is 15.9. The summed E-state index contributed by atoms with van der Waals surface area (Å²) in [7, 11) is 0. The molecule has 4 saturated heterocycles. The van der Waals surface area contributed by atoms with Gasteiger partial charge in [0.05, 0.1) is 52.9 Å². The van der Waals surface area contributed by atoms with Gasteiger partial charge in [-0.25, -0.2) is 0 Å². The molecule has 0 aliphatic carbocycles. The third-order valence-corrected chi connectivity index (χ3v) is 11.0. The molecule has 9 rings (SSSR count). The summed E-state index contributed by atoms with van der Waals surface area (Å²) in [6, 6.07) is 24.5. The Balaban J connectivity index is 0.824. The standard InChI is InChI=1S/C42H50O12/c1-39(2)49-25-41(53-39)37-35(45-19-29-12-5-7-14-31(29)21-47-37)33(51-41)23-43-17-27-10-9-11-28(16-27)18-44-24-34-36-38(42(52-34)26-50-40(3,4)54-42)48-22-32-15-8-6-13-30(32)20-46-36/h5-16,33-38H,17-26H2,1-4H3/t33-,34-,35-,36-,37+,38+,41+,42+/m1/s1. The average molecular weight is 747 g/mol. The number of benzene rings is 3. The molecular formula is C42H50O12. The molecule has 290 valence electrons. The minimum absolute atomic E-state index is 0.241. The van der Waals surface area contributed by atoms with Crippen LogP contribution >= 0.6 is 0 Å². The van der Waals surface area contributed by atoms with E-state index < -0.39 is 59.8 Å². The Morgan fingerprint density at radius 3 is 1.33 bits per heavy atom. The fourth-order valence-electron chi connectivity index (χ4n) is 8.46. The van der Waals surface area contributed by atoms with Crippen molar-refractivity contribution in [3.8, 4) is 0 Å². The van der Waals surface area contributed by atoms with Crippen molar-refractivity contribution in [3.63, 3.8) is 0 Å². The van der Waals surface area contributed by atoms with E-state index in [1.54, 1.807) is 0 Å². The molecule has 0 N–H and O–H groups in total. The lowest BCUT2D eigenvalue weighted by atomic mass is 10.0. The summed E-state index contributed by atoms with van der Waals surface area (Å²) in [6.07, 6.45) is -2.61. The lowest BCUT2D eigenvalue weighted by Gasteiger charge is -2.32. The highest BCUT2D eigenvalue weighted by molar-refractivity contribution is 5.28. The molecule has 0 bridgehead atoms. The highest BCUT2D eigenvalue weighted by atomic mass is 16.9. The third-order valence-electron chi connectivity index (χ3n) is 11.0. The van der Waals surface area contributed by atoms with Crippen molar-refractivity contribution in [1.29, 1.82) is 0 Å². The van der Waals surface area contributed by atoms with Crippen LogP contribution < -0.4 is 0 Å². The van der Waals surface area contributed by atoms with Crippen LogP contribution in [-0.4, -0.2) is 86.2 Å². The molecular weight excluding hydrogens is 696 g/mol. The summed E-state index contributed by atoms with van der Waals surface area (Å²) in [5, 5.41) is 0. The van der Waals surface area contributed by atoms with Crippen molar-refractivity contribution >= 4 is 0 Å². The van der Waals surface area contributed by atoms with E-state index in [-0.39, 0.29) is 26.4 Å². The zero-order chi connectivity index (χ0) is 37.0. The van der Waals surface area contributed by atoms with E-state index >= 15 is 0 Å². The molecule has 12 heteroatoms. The monoisotopic (exact) mass is 746 g/mol. The first kappa shape index (κ1) is 36.8. The molecule has 2 spiro atoms. The number of ether oxygens (including phenoxy) is 12. The number of hydrogen-bond acceptors (Lipinski definition) is 12. The maximum absolute atomic E-state index is 6.59. The van der Waals surface area contributed by atoms with Crippen LogP contribution in [0.15, 0.2) is 72.8 Å². The van der Waals surface area contributed by atoms with E-state index in [0.29, 0.717) is 39.6 Å². The lowest BCUT2D eigenvalue weighted by molar-refractivity contribution is -0.279. The van der Waals surface area contributed by atoms with Gasteiger partial charge in [0.25, 0.3) is 0 Å². The lowest BCUT2D eigenvalue weighted by Crippen LogP contribution is -2.49. The minimum Gasteiger partial charge on any atom is -0.374 e. The smallest absolute Gasteiger partial charge is 0.224 e. The minimum atomic E-state index is -1.08. The van der Waals surface area contributed by atoms with Gasteiger partial charge in [0, 0.05) is 0 Å². The topological polar surface area (TPSA) is 111 Å². The summed E-state index contributed by atoms with van der Waals surface area (Å²) in [4.78, 5) is 0. The highest BCUT2D eigenvalue weighted by Crippen LogP contribution is 2.47. The van der Waals surface area contributed by atoms with Gasteiger partial charge in [0.15, 0.2) is 11.6 Å². The Labute approximate surface area is 316 Å². The second-order valence-corrected chi connectivity index (χ2v) is 15.9. The summed E-state index contributed by atoms with van der Waals surface area (Å²) >= 11 is 0. The van der Waals surface area contributed by atoms with Gasteiger partial charge in [-0.1, -0.05) is 72.8 Å². The fourth-order valence-corrected chi connectivity index (χ4v) is 8.46. The summed E-state index contributed by atoms with van der Waals surface area (Å²) in [6.45, 7) is 11.1. The second kappa shape index (κ2) is 14.6. The molecule has 0 unspecified atom stereocenters. The van der Waals surface area contributed by atoms with Crippen molar-refractivity contribution in [3.05, 3.63) is 106 Å². The first-order valence-electron chi connectivity index (χ1n) is 19.0. The van der Waals surface area contributed by atoms with Crippen LogP contribution in [0.1, 0.15) is 61.1 Å². The largest absolute Gasteiger partial charge is 0.374 e. The first-order valence-corrected chi connectivity index (χ1v) is 19.0. The average Bonchev–Trinajstić information content (AvgIpc) is 3.80. The molecule has 6 heterocycles. The predicted molar refractivity (Wildman–Crippen MR) is 190 cm³/mol. The third kappa shape index (κ3) is 7.29. The van der Waals surface area contributed by atoms with Crippen molar-refractivity contribution < 1.29 is 56.8 Å². The van der Waals surface area contributed by atoms with Crippen molar-refractivity contribution in [2.45, 2.75) is 127 Å². The molecule has 0 saturated carbocycles. The first-order chi connectivity index (χ1) is 26.1. The Kier molecular flexibility index (Phi) is 9.95. The Bertz CT molecular complexity index is 1670. The summed E-state index contributed by atoms with van der Waals surface area (Å²) in [5.74, 6) is -3.79. The van der Waals surface area contributed by atoms with Crippen LogP contribution in [0.25, 0.3) is 0 Å². The van der Waals surface area contributed by atoms with Gasteiger partial charge in [-0.3, -0.25) is 0 Å². The molecule has 3 aromatic rings. The van der Waals surface area contributed by atoms with E-state index in [1.807, 2.05) is 70.2 Å². The summed E-state index contributed by atoms with van der Waals surface area (Å²) < 4.78 is 76.4. The van der Waals surface area contributed by atoms with Crippen molar-refractivity contribution in [1.82, 2.24) is 0 Å². The van der Waals surface area contributed by atoms with E-state index in [2.05, 4.69) is 30.3 Å². The molecule has 0 radical (unpaired) electrons. The molecule has 4 fully saturated rings. The molecule has 0 aromatic heterocycles. The van der Waals surface area contributed by atoms with Crippen LogP contribution in [0.2, 0.25) is 0 Å². The SMILES string of the molecule is CC1(C)OC[C@]2(O[C@H](COCc3cccc(COC[C@H]4O[C@]5(COC(C)(C)O5)[C@H]5OCc6ccccc6CO[C@H]45)c3)[C@H]3OCc4ccccc4CO[C@@H]32)O1. The predicted octanol–water partition coefficient (Wildman–Crippen LogP) is 5.44. The van der Waals surface area contributed by atoms with Crippen molar-refractivity contribution in [2.24, 2.45) is 0 Å². The van der Waals surface area contributed by atoms with Gasteiger partial charge < -0.3 is 56.8 Å². The maximum atomic E-state index is 6.59. The van der Waals surface area contributed by atoms with Gasteiger partial charge in [0.2, 0.25) is 11.6 Å². The van der Waals surface area contributed by atoms with E-state index in [4.69, 9.17) is 56.8 Å². The highest BCUT2D eigenvalue weighted by Gasteiger charge is 2.65. The number of fused-ring (bicyclic) bond motifs is 6. The molecule has 54 heavy (non-hydrogen) atoms. The van der Waals surface area contributed by atoms with Crippen LogP contribution in [0.3, 0.4) is 0 Å². The Hall–Kier alpha value is -2.82. The normalized spacial score (nSPS) is 35.1. The Morgan fingerprint density at radius 2 is 0.944 bits per heavy atom. The van der Waals surface area contributed by atoms with Crippen molar-refractivity contribution in [2.75, 3.05) is 26.4 Å². The number of rotatable bonds is 8. The molecule has 12 nitrogen and oxygen atoms in total. The van der Waals surface area contributed by atoms with Gasteiger partial charge in [-0.05, 0) is 61.1 Å². The van der Waals surface area contributed by atoms with E-state index in [9.17, 15) is 0 Å². The van der Waals surface area contributed by atoms with E-state index in [0.717, 1.165) is 33.4 Å². The van der Waals surface area contributed by atoms with Gasteiger partial charge >= 0.3 is 0 Å². The summed E-state index contributed by atoms with van der Waals surface area (Å²) in [5.41, 5.74) is 6.39. The van der Waals surface area contributed by atoms with Crippen LogP contribution in [0.4, 0.5) is 0 Å². The fraction of sp³-hybridized carbons (Fsp3) is 0.571. The van der Waals surface area contributed by atoms with Gasteiger partial charge in [-0.15, -0.1) is 0 Å². The van der Waals surface area contributed by atoms with Crippen LogP contribution in [0, 0.1) is 0 Å². The molecule has 6 aliphatic rings. The molecule has 3 aromatic carbocycles. The zero-order valence-corrected chi connectivity index (χ0v) is 31.4. The Morgan fingerprint density at radius 1 is 0.537 bits per heavy atom. The maximum Gasteiger partial charge on any atom is 0.224 e. The van der Waals surface area contributed by atoms with Crippen LogP contribution in [-0.2, 0) is 96.5 Å². The van der Waals surface area contributed by atoms with Gasteiger partial charge in [0.1, 0.15) is 49.8 Å². The number of hydrogen-bond donors (Lipinski definition) is 0. The molecule has 0 amide bonds. The van der Waals surface area contributed by atoms with Crippen LogP contribution in [0.5, 0.6) is 0 Å². The van der Waals surface area contributed by atoms with Gasteiger partial charge in [-0.2, -0.15) is 0 Å². The van der Waals surface area contributed by atoms with E-state index in [1.165, 1.54) is 0 Å². The molecule has 6 aliphatic heterocycles. The quantitative estimate of drug-likeness (QED) is 0.293. The zero-order valence-electron chi connectivity index (χ0n) is 31.4.